The van der Waals surface area contributed by atoms with Crippen LogP contribution in [0.1, 0.15) is 6.42 Å². The van der Waals surface area contributed by atoms with Crippen LogP contribution in [0.5, 0.6) is 0 Å². The third kappa shape index (κ3) is 1.19. The molecule has 5 nitrogen and oxygen atoms in total. The minimum atomic E-state index is -0.856. The summed E-state index contributed by atoms with van der Waals surface area (Å²) in [6.45, 7) is 1.03. The van der Waals surface area contributed by atoms with Crippen LogP contribution in [0.25, 0.3) is 0 Å². The van der Waals surface area contributed by atoms with E-state index in [4.69, 9.17) is 5.73 Å². The highest BCUT2D eigenvalue weighted by Crippen LogP contribution is 2.32. The summed E-state index contributed by atoms with van der Waals surface area (Å²) < 4.78 is 0. The number of hydrogen-bond acceptors (Lipinski definition) is 5. The molecule has 2 aliphatic rings. The van der Waals surface area contributed by atoms with Gasteiger partial charge in [-0.2, -0.15) is 0 Å². The molecule has 5 N–H and O–H groups in total. The van der Waals surface area contributed by atoms with Crippen LogP contribution in [0.2, 0.25) is 0 Å². The smallest absolute Gasteiger partial charge is 0.0995 e. The van der Waals surface area contributed by atoms with E-state index in [9.17, 15) is 15.3 Å². The van der Waals surface area contributed by atoms with E-state index in [2.05, 4.69) is 0 Å². The Hall–Kier alpha value is -0.200. The Labute approximate surface area is 76.8 Å². The maximum absolute atomic E-state index is 9.63. The second kappa shape index (κ2) is 3.18. The Balaban J connectivity index is 2.19. The van der Waals surface area contributed by atoms with Gasteiger partial charge in [-0.25, -0.2) is 0 Å². The van der Waals surface area contributed by atoms with Gasteiger partial charge in [0.2, 0.25) is 0 Å². The zero-order chi connectivity index (χ0) is 9.59. The lowest BCUT2D eigenvalue weighted by atomic mass is 10.0. The lowest BCUT2D eigenvalue weighted by Crippen LogP contribution is -2.42. The number of aliphatic hydroxyl groups is 3. The van der Waals surface area contributed by atoms with Crippen molar-refractivity contribution in [2.24, 2.45) is 5.73 Å². The molecule has 0 unspecified atom stereocenters. The van der Waals surface area contributed by atoms with Crippen LogP contribution in [0.4, 0.5) is 0 Å². The Kier molecular flexibility index (Phi) is 2.29. The van der Waals surface area contributed by atoms with Gasteiger partial charge in [0, 0.05) is 13.1 Å². The molecule has 2 heterocycles. The molecule has 0 aromatic carbocycles. The third-order valence-corrected chi connectivity index (χ3v) is 3.22. The van der Waals surface area contributed by atoms with Gasteiger partial charge in [0.05, 0.1) is 30.4 Å². The quantitative estimate of drug-likeness (QED) is 0.365. The minimum absolute atomic E-state index is 0.197. The molecule has 2 fully saturated rings. The van der Waals surface area contributed by atoms with E-state index in [-0.39, 0.29) is 12.1 Å². The van der Waals surface area contributed by atoms with Gasteiger partial charge in [-0.3, -0.25) is 4.90 Å². The SMILES string of the molecule is NC[C@@H]1[C@@H](O)[C@H](O)[C@H]2[C@@H](O)CCN21. The summed E-state index contributed by atoms with van der Waals surface area (Å²) in [6, 6.07) is -0.513. The maximum atomic E-state index is 9.63. The zero-order valence-electron chi connectivity index (χ0n) is 7.37. The van der Waals surface area contributed by atoms with Gasteiger partial charge in [-0.1, -0.05) is 0 Å². The molecule has 2 aliphatic heterocycles. The first kappa shape index (κ1) is 9.36. The van der Waals surface area contributed by atoms with Gasteiger partial charge < -0.3 is 21.1 Å². The van der Waals surface area contributed by atoms with Crippen molar-refractivity contribution in [2.75, 3.05) is 13.1 Å². The predicted molar refractivity (Wildman–Crippen MR) is 46.0 cm³/mol. The van der Waals surface area contributed by atoms with Crippen LogP contribution in [-0.2, 0) is 0 Å². The van der Waals surface area contributed by atoms with Crippen molar-refractivity contribution < 1.29 is 15.3 Å². The summed E-state index contributed by atoms with van der Waals surface area (Å²) in [5.41, 5.74) is 5.49. The summed E-state index contributed by atoms with van der Waals surface area (Å²) in [7, 11) is 0. The molecule has 2 saturated heterocycles. The zero-order valence-corrected chi connectivity index (χ0v) is 7.37. The first-order valence-electron chi connectivity index (χ1n) is 4.67. The molecule has 13 heavy (non-hydrogen) atoms. The van der Waals surface area contributed by atoms with Crippen molar-refractivity contribution >= 4 is 0 Å². The lowest BCUT2D eigenvalue weighted by Gasteiger charge is -2.22. The number of nitrogens with zero attached hydrogens (tertiary/aromatic N) is 1. The van der Waals surface area contributed by atoms with Crippen molar-refractivity contribution in [1.82, 2.24) is 4.90 Å². The molecule has 5 heteroatoms. The average molecular weight is 188 g/mol. The highest BCUT2D eigenvalue weighted by Gasteiger charge is 2.52. The van der Waals surface area contributed by atoms with Crippen molar-refractivity contribution in [2.45, 2.75) is 36.8 Å². The maximum Gasteiger partial charge on any atom is 0.0995 e. The van der Waals surface area contributed by atoms with Crippen molar-refractivity contribution in [3.05, 3.63) is 0 Å². The van der Waals surface area contributed by atoms with E-state index in [1.165, 1.54) is 0 Å². The van der Waals surface area contributed by atoms with Crippen LogP contribution in [0, 0.1) is 0 Å². The topological polar surface area (TPSA) is 90.0 Å². The molecule has 0 spiro atoms. The highest BCUT2D eigenvalue weighted by atomic mass is 16.3. The van der Waals surface area contributed by atoms with Crippen LogP contribution in [0.15, 0.2) is 0 Å². The second-order valence-corrected chi connectivity index (χ2v) is 3.87. The van der Waals surface area contributed by atoms with Gasteiger partial charge in [-0.05, 0) is 6.42 Å². The van der Waals surface area contributed by atoms with Gasteiger partial charge >= 0.3 is 0 Å². The molecule has 0 amide bonds. The molecule has 2 rings (SSSR count). The Morgan fingerprint density at radius 2 is 1.92 bits per heavy atom. The third-order valence-electron chi connectivity index (χ3n) is 3.22. The van der Waals surface area contributed by atoms with E-state index in [1.54, 1.807) is 0 Å². The Morgan fingerprint density at radius 3 is 2.54 bits per heavy atom. The molecular formula is C8H16N2O3. The summed E-state index contributed by atoms with van der Waals surface area (Å²) in [5.74, 6) is 0. The molecule has 0 aromatic heterocycles. The van der Waals surface area contributed by atoms with E-state index in [0.717, 1.165) is 0 Å². The summed E-state index contributed by atoms with van der Waals surface area (Å²) in [6.07, 6.45) is -1.54. The standard InChI is InChI=1S/C8H16N2O3/c9-3-4-7(12)8(13)6-5(11)1-2-10(4)6/h4-8,11-13H,1-3,9H2/t4-,5+,6-,7-,8-/m1/s1. The molecule has 76 valence electrons. The summed E-state index contributed by atoms with van der Waals surface area (Å²) in [4.78, 5) is 1.92. The van der Waals surface area contributed by atoms with Crippen LogP contribution < -0.4 is 5.73 Å². The number of fused-ring (bicyclic) bond motifs is 1. The van der Waals surface area contributed by atoms with E-state index < -0.39 is 18.3 Å². The second-order valence-electron chi connectivity index (χ2n) is 3.87. The molecule has 5 atom stereocenters. The van der Waals surface area contributed by atoms with E-state index in [0.29, 0.717) is 19.5 Å². The lowest BCUT2D eigenvalue weighted by molar-refractivity contribution is 0.00389. The Morgan fingerprint density at radius 1 is 1.23 bits per heavy atom. The molecule has 0 aliphatic carbocycles. The minimum Gasteiger partial charge on any atom is -0.391 e. The predicted octanol–water partition coefficient (Wildman–Crippen LogP) is -2.52. The monoisotopic (exact) mass is 188 g/mol. The van der Waals surface area contributed by atoms with Gasteiger partial charge in [0.15, 0.2) is 0 Å². The van der Waals surface area contributed by atoms with E-state index in [1.807, 2.05) is 4.90 Å². The number of aliphatic hydroxyl groups excluding tert-OH is 3. The highest BCUT2D eigenvalue weighted by molar-refractivity contribution is 5.07. The first-order chi connectivity index (χ1) is 6.16. The first-order valence-corrected chi connectivity index (χ1v) is 4.67. The number of nitrogens with two attached hydrogens (primary N) is 1. The molecule has 0 bridgehead atoms. The number of hydrogen-bond donors (Lipinski definition) is 4. The van der Waals surface area contributed by atoms with Gasteiger partial charge in [0.25, 0.3) is 0 Å². The van der Waals surface area contributed by atoms with Gasteiger partial charge in [-0.15, -0.1) is 0 Å². The Bertz CT molecular complexity index is 202. The van der Waals surface area contributed by atoms with E-state index >= 15 is 0 Å². The number of rotatable bonds is 1. The fraction of sp³-hybridized carbons (Fsp3) is 1.00. The van der Waals surface area contributed by atoms with Crippen molar-refractivity contribution in [3.63, 3.8) is 0 Å². The molecular weight excluding hydrogens is 172 g/mol. The molecule has 0 radical (unpaired) electrons. The molecule has 0 aromatic rings. The fourth-order valence-corrected chi connectivity index (χ4v) is 2.53. The average Bonchev–Trinajstić information content (AvgIpc) is 2.57. The molecule has 0 saturated carbocycles. The summed E-state index contributed by atoms with van der Waals surface area (Å²) in [5, 5.41) is 28.8. The van der Waals surface area contributed by atoms with Crippen LogP contribution in [0.3, 0.4) is 0 Å². The van der Waals surface area contributed by atoms with Crippen molar-refractivity contribution in [1.29, 1.82) is 0 Å². The van der Waals surface area contributed by atoms with Crippen molar-refractivity contribution in [3.8, 4) is 0 Å². The van der Waals surface area contributed by atoms with Gasteiger partial charge in [0.1, 0.15) is 0 Å². The van der Waals surface area contributed by atoms with Crippen LogP contribution >= 0.6 is 0 Å². The van der Waals surface area contributed by atoms with Crippen LogP contribution in [-0.4, -0.2) is 63.7 Å². The summed E-state index contributed by atoms with van der Waals surface area (Å²) >= 11 is 0. The normalized spacial score (nSPS) is 51.2. The largest absolute Gasteiger partial charge is 0.391 e. The fourth-order valence-electron chi connectivity index (χ4n) is 2.53.